The molecule has 0 bridgehead atoms. The molecule has 0 saturated carbocycles. The second-order valence-electron chi connectivity index (χ2n) is 6.21. The van der Waals surface area contributed by atoms with Crippen LogP contribution in [0.3, 0.4) is 0 Å². The Kier molecular flexibility index (Phi) is 5.55. The van der Waals surface area contributed by atoms with Crippen LogP contribution in [0.25, 0.3) is 21.3 Å². The molecule has 3 heterocycles. The highest BCUT2D eigenvalue weighted by Gasteiger charge is 2.18. The van der Waals surface area contributed by atoms with E-state index in [0.717, 1.165) is 37.0 Å². The van der Waals surface area contributed by atoms with Crippen molar-refractivity contribution < 1.29 is 19.1 Å². The number of rotatable bonds is 7. The summed E-state index contributed by atoms with van der Waals surface area (Å²) in [7, 11) is 0. The molecule has 29 heavy (non-hydrogen) atoms. The molecule has 0 aliphatic rings. The number of aryl methyl sites for hydroxylation is 1. The third-order valence-corrected chi connectivity index (χ3v) is 6.33. The highest BCUT2D eigenvalue weighted by Crippen LogP contribution is 2.42. The fraction of sp³-hybridized carbons (Fsp3) is 0.190. The Labute approximate surface area is 175 Å². The number of fused-ring (bicyclic) bond motifs is 1. The number of aromatic carboxylic acids is 1. The van der Waals surface area contributed by atoms with E-state index in [1.807, 2.05) is 31.2 Å². The molecule has 0 atom stereocenters. The lowest BCUT2D eigenvalue weighted by molar-refractivity contribution is 0.0661. The topological polar surface area (TPSA) is 85.5 Å². The van der Waals surface area contributed by atoms with Gasteiger partial charge in [-0.1, -0.05) is 23.9 Å². The Morgan fingerprint density at radius 3 is 2.69 bits per heavy atom. The first kappa shape index (κ1) is 19.5. The van der Waals surface area contributed by atoms with Crippen molar-refractivity contribution in [2.45, 2.75) is 24.6 Å². The molecular weight excluding hydrogens is 408 g/mol. The zero-order chi connectivity index (χ0) is 20.4. The largest absolute Gasteiger partial charge is 0.494 e. The van der Waals surface area contributed by atoms with Gasteiger partial charge in [-0.05, 0) is 43.7 Å². The third kappa shape index (κ3) is 3.99. The molecule has 8 heteroatoms. The van der Waals surface area contributed by atoms with E-state index >= 15 is 0 Å². The average molecular weight is 427 g/mol. The van der Waals surface area contributed by atoms with E-state index in [1.165, 1.54) is 17.8 Å². The minimum absolute atomic E-state index is 0.0603. The lowest BCUT2D eigenvalue weighted by Crippen LogP contribution is -1.92. The molecule has 0 aliphatic carbocycles. The monoisotopic (exact) mass is 426 g/mol. The summed E-state index contributed by atoms with van der Waals surface area (Å²) in [6.45, 7) is 4.67. The summed E-state index contributed by atoms with van der Waals surface area (Å²) < 4.78 is 10.9. The number of carboxylic acid groups (broad SMARTS) is 1. The lowest BCUT2D eigenvalue weighted by Gasteiger charge is -2.07. The van der Waals surface area contributed by atoms with E-state index in [9.17, 15) is 4.79 Å². The number of nitrogens with zero attached hydrogens (tertiary/aromatic N) is 2. The fourth-order valence-electron chi connectivity index (χ4n) is 3.07. The van der Waals surface area contributed by atoms with Crippen molar-refractivity contribution in [3.8, 4) is 16.9 Å². The van der Waals surface area contributed by atoms with Gasteiger partial charge in [-0.25, -0.2) is 14.8 Å². The Hall–Kier alpha value is -2.84. The Balaban J connectivity index is 1.68. The molecule has 0 aliphatic heterocycles. The number of benzene rings is 1. The molecular formula is C21H18N2O4S2. The summed E-state index contributed by atoms with van der Waals surface area (Å²) >= 11 is 3.14. The number of carbonyl (C=O) groups is 1. The Bertz CT molecular complexity index is 1170. The summed E-state index contributed by atoms with van der Waals surface area (Å²) in [6, 6.07) is 11.2. The third-order valence-electron chi connectivity index (χ3n) is 4.31. The highest BCUT2D eigenvalue weighted by molar-refractivity contribution is 7.98. The maximum atomic E-state index is 11.0. The molecule has 6 nitrogen and oxygen atoms in total. The molecule has 1 N–H and O–H groups in total. The molecule has 0 radical (unpaired) electrons. The standard InChI is InChI=1S/C21H18N2O4S2/c1-3-26-14-6-4-13(5-7-14)17-12(2)29-20-18(17)19(22-11-23-20)28-10-15-8-9-16(27-15)21(24)25/h4-9,11H,3,10H2,1-2H3,(H,24,25). The maximum absolute atomic E-state index is 11.0. The predicted octanol–water partition coefficient (Wildman–Crippen LogP) is 5.65. The van der Waals surface area contributed by atoms with E-state index < -0.39 is 5.97 Å². The van der Waals surface area contributed by atoms with Crippen molar-refractivity contribution in [1.82, 2.24) is 9.97 Å². The minimum atomic E-state index is -1.07. The van der Waals surface area contributed by atoms with Crippen molar-refractivity contribution in [2.24, 2.45) is 0 Å². The fourth-order valence-corrected chi connectivity index (χ4v) is 5.05. The average Bonchev–Trinajstić information content (AvgIpc) is 3.31. The van der Waals surface area contributed by atoms with Gasteiger partial charge in [0.15, 0.2) is 0 Å². The number of carboxylic acids is 1. The van der Waals surface area contributed by atoms with E-state index in [-0.39, 0.29) is 5.76 Å². The molecule has 3 aromatic heterocycles. The van der Waals surface area contributed by atoms with Gasteiger partial charge >= 0.3 is 5.97 Å². The van der Waals surface area contributed by atoms with Gasteiger partial charge in [0.25, 0.3) is 0 Å². The Morgan fingerprint density at radius 2 is 2.00 bits per heavy atom. The van der Waals surface area contributed by atoms with E-state index in [1.54, 1.807) is 23.7 Å². The van der Waals surface area contributed by atoms with Crippen LogP contribution in [0.5, 0.6) is 5.75 Å². The molecule has 1 aromatic carbocycles. The van der Waals surface area contributed by atoms with Crippen LogP contribution < -0.4 is 4.74 Å². The molecule has 4 rings (SSSR count). The van der Waals surface area contributed by atoms with Crippen molar-refractivity contribution in [2.75, 3.05) is 6.61 Å². The van der Waals surface area contributed by atoms with Crippen LogP contribution in [0.4, 0.5) is 0 Å². The molecule has 0 fully saturated rings. The maximum Gasteiger partial charge on any atom is 0.371 e. The van der Waals surface area contributed by atoms with Crippen LogP contribution in [0.15, 0.2) is 52.2 Å². The first-order chi connectivity index (χ1) is 14.1. The number of furan rings is 1. The van der Waals surface area contributed by atoms with Gasteiger partial charge in [-0.15, -0.1) is 11.3 Å². The molecule has 148 valence electrons. The summed E-state index contributed by atoms with van der Waals surface area (Å²) in [5.41, 5.74) is 2.20. The van der Waals surface area contributed by atoms with Crippen LogP contribution in [-0.2, 0) is 5.75 Å². The van der Waals surface area contributed by atoms with Gasteiger partial charge in [0.2, 0.25) is 5.76 Å². The predicted molar refractivity (Wildman–Crippen MR) is 114 cm³/mol. The number of hydrogen-bond acceptors (Lipinski definition) is 7. The zero-order valence-electron chi connectivity index (χ0n) is 15.8. The number of ether oxygens (including phenoxy) is 1. The van der Waals surface area contributed by atoms with Crippen molar-refractivity contribution >= 4 is 39.3 Å². The quantitative estimate of drug-likeness (QED) is 0.302. The lowest BCUT2D eigenvalue weighted by atomic mass is 10.0. The molecule has 0 saturated heterocycles. The second kappa shape index (κ2) is 8.26. The summed E-state index contributed by atoms with van der Waals surface area (Å²) in [5.74, 6) is 0.781. The smallest absolute Gasteiger partial charge is 0.371 e. The summed E-state index contributed by atoms with van der Waals surface area (Å²) in [4.78, 5) is 22.0. The van der Waals surface area contributed by atoms with Gasteiger partial charge in [-0.2, -0.15) is 0 Å². The summed E-state index contributed by atoms with van der Waals surface area (Å²) in [5, 5.41) is 10.9. The Morgan fingerprint density at radius 1 is 1.21 bits per heavy atom. The summed E-state index contributed by atoms with van der Waals surface area (Å²) in [6.07, 6.45) is 1.56. The minimum Gasteiger partial charge on any atom is -0.494 e. The number of thiophene rings is 1. The first-order valence-electron chi connectivity index (χ1n) is 8.99. The van der Waals surface area contributed by atoms with Crippen LogP contribution in [0, 0.1) is 6.92 Å². The van der Waals surface area contributed by atoms with Crippen LogP contribution in [0.1, 0.15) is 28.1 Å². The van der Waals surface area contributed by atoms with Crippen molar-refractivity contribution in [3.63, 3.8) is 0 Å². The zero-order valence-corrected chi connectivity index (χ0v) is 17.5. The van der Waals surface area contributed by atoms with Gasteiger partial charge < -0.3 is 14.3 Å². The number of aromatic nitrogens is 2. The SMILES string of the molecule is CCOc1ccc(-c2c(C)sc3ncnc(SCc4ccc(C(=O)O)o4)c23)cc1. The molecule has 0 spiro atoms. The number of thioether (sulfide) groups is 1. The van der Waals surface area contributed by atoms with Crippen molar-refractivity contribution in [1.29, 1.82) is 0 Å². The van der Waals surface area contributed by atoms with Crippen LogP contribution >= 0.6 is 23.1 Å². The first-order valence-corrected chi connectivity index (χ1v) is 10.8. The van der Waals surface area contributed by atoms with E-state index in [2.05, 4.69) is 16.9 Å². The second-order valence-corrected chi connectivity index (χ2v) is 8.38. The van der Waals surface area contributed by atoms with Crippen LogP contribution in [-0.4, -0.2) is 27.7 Å². The van der Waals surface area contributed by atoms with Gasteiger partial charge in [-0.3, -0.25) is 0 Å². The van der Waals surface area contributed by atoms with Crippen molar-refractivity contribution in [3.05, 3.63) is 59.1 Å². The van der Waals surface area contributed by atoms with E-state index in [4.69, 9.17) is 14.3 Å². The normalized spacial score (nSPS) is 11.1. The molecule has 0 unspecified atom stereocenters. The number of hydrogen-bond donors (Lipinski definition) is 1. The van der Waals surface area contributed by atoms with E-state index in [0.29, 0.717) is 18.1 Å². The van der Waals surface area contributed by atoms with Gasteiger partial charge in [0.05, 0.1) is 17.7 Å². The van der Waals surface area contributed by atoms with Gasteiger partial charge in [0.1, 0.15) is 27.7 Å². The van der Waals surface area contributed by atoms with Gasteiger partial charge in [0, 0.05) is 10.4 Å². The van der Waals surface area contributed by atoms with Crippen LogP contribution in [0.2, 0.25) is 0 Å². The molecule has 0 amide bonds. The highest BCUT2D eigenvalue weighted by atomic mass is 32.2. The molecule has 4 aromatic rings.